The maximum atomic E-state index is 11.9. The van der Waals surface area contributed by atoms with Gasteiger partial charge in [-0.3, -0.25) is 9.59 Å². The molecular weight excluding hydrogens is 272 g/mol. The van der Waals surface area contributed by atoms with Gasteiger partial charge in [-0.2, -0.15) is 4.72 Å². The molecule has 8 heteroatoms. The molecule has 1 aromatic rings. The highest BCUT2D eigenvalue weighted by Crippen LogP contribution is 2.14. The van der Waals surface area contributed by atoms with Gasteiger partial charge in [0.25, 0.3) is 0 Å². The number of carboxylic acids is 1. The largest absolute Gasteiger partial charge is 0.480 e. The van der Waals surface area contributed by atoms with Crippen LogP contribution in [0.1, 0.15) is 24.2 Å². The molecular formula is C11H14N2O5S. The molecule has 0 unspecified atom stereocenters. The first-order valence-electron chi connectivity index (χ1n) is 5.23. The molecule has 1 rings (SSSR count). The van der Waals surface area contributed by atoms with Crippen LogP contribution in [0.5, 0.6) is 0 Å². The molecule has 0 aliphatic carbocycles. The monoisotopic (exact) mass is 286 g/mol. The number of carboxylic acid groups (broad SMARTS) is 1. The van der Waals surface area contributed by atoms with E-state index in [1.807, 2.05) is 0 Å². The zero-order chi connectivity index (χ0) is 14.8. The Labute approximate surface area is 110 Å². The summed E-state index contributed by atoms with van der Waals surface area (Å²) in [6, 6.07) is 4.87. The summed E-state index contributed by atoms with van der Waals surface area (Å²) in [7, 11) is -3.99. The van der Waals surface area contributed by atoms with Crippen molar-refractivity contribution < 1.29 is 23.1 Å². The number of hydrogen-bond acceptors (Lipinski definition) is 4. The van der Waals surface area contributed by atoms with Crippen molar-refractivity contribution in [3.05, 3.63) is 29.8 Å². The van der Waals surface area contributed by atoms with Gasteiger partial charge in [0.15, 0.2) is 0 Å². The minimum Gasteiger partial charge on any atom is -0.480 e. The molecule has 0 aromatic heterocycles. The average Bonchev–Trinajstić information content (AvgIpc) is 2.27. The predicted molar refractivity (Wildman–Crippen MR) is 67.0 cm³/mol. The van der Waals surface area contributed by atoms with Crippen LogP contribution in [0.3, 0.4) is 0 Å². The number of amides is 1. The summed E-state index contributed by atoms with van der Waals surface area (Å²) >= 11 is 0. The van der Waals surface area contributed by atoms with E-state index in [1.54, 1.807) is 0 Å². The van der Waals surface area contributed by atoms with Crippen molar-refractivity contribution in [2.45, 2.75) is 24.3 Å². The molecule has 0 atom stereocenters. The predicted octanol–water partition coefficient (Wildman–Crippen LogP) is -0.0730. The Morgan fingerprint density at radius 3 is 2.05 bits per heavy atom. The molecule has 1 aromatic carbocycles. The second-order valence-electron chi connectivity index (χ2n) is 4.42. The van der Waals surface area contributed by atoms with Crippen LogP contribution in [-0.2, 0) is 14.8 Å². The number of aliphatic carboxylic acids is 1. The zero-order valence-corrected chi connectivity index (χ0v) is 11.2. The van der Waals surface area contributed by atoms with Gasteiger partial charge in [-0.05, 0) is 38.1 Å². The van der Waals surface area contributed by atoms with Gasteiger partial charge in [0.05, 0.1) is 4.90 Å². The molecule has 0 saturated carbocycles. The van der Waals surface area contributed by atoms with E-state index in [9.17, 15) is 18.0 Å². The maximum absolute atomic E-state index is 11.9. The van der Waals surface area contributed by atoms with Crippen molar-refractivity contribution in [2.75, 3.05) is 0 Å². The van der Waals surface area contributed by atoms with Crippen LogP contribution in [0, 0.1) is 0 Å². The van der Waals surface area contributed by atoms with E-state index in [-0.39, 0.29) is 10.5 Å². The van der Waals surface area contributed by atoms with Crippen LogP contribution in [0.2, 0.25) is 0 Å². The van der Waals surface area contributed by atoms with Crippen LogP contribution < -0.4 is 10.5 Å². The number of primary amides is 1. The number of carbonyl (C=O) groups excluding carboxylic acids is 1. The van der Waals surface area contributed by atoms with Crippen molar-refractivity contribution in [1.82, 2.24) is 4.72 Å². The number of benzene rings is 1. The van der Waals surface area contributed by atoms with E-state index >= 15 is 0 Å². The van der Waals surface area contributed by atoms with Crippen LogP contribution in [0.15, 0.2) is 29.2 Å². The normalized spacial score (nSPS) is 12.1. The molecule has 1 amide bonds. The third kappa shape index (κ3) is 3.52. The highest BCUT2D eigenvalue weighted by molar-refractivity contribution is 7.89. The van der Waals surface area contributed by atoms with Crippen molar-refractivity contribution in [3.8, 4) is 0 Å². The Morgan fingerprint density at radius 1 is 1.21 bits per heavy atom. The molecule has 0 bridgehead atoms. The summed E-state index contributed by atoms with van der Waals surface area (Å²) in [5.74, 6) is -1.98. The Balaban J connectivity index is 3.08. The smallest absolute Gasteiger partial charge is 0.324 e. The Bertz CT molecular complexity index is 604. The number of sulfonamides is 1. The second kappa shape index (κ2) is 4.98. The lowest BCUT2D eigenvalue weighted by atomic mass is 10.1. The van der Waals surface area contributed by atoms with Gasteiger partial charge in [0.2, 0.25) is 15.9 Å². The highest BCUT2D eigenvalue weighted by Gasteiger charge is 2.32. The topological polar surface area (TPSA) is 127 Å². The summed E-state index contributed by atoms with van der Waals surface area (Å²) in [6.07, 6.45) is 0. The van der Waals surface area contributed by atoms with Crippen molar-refractivity contribution in [1.29, 1.82) is 0 Å². The van der Waals surface area contributed by atoms with Gasteiger partial charge in [-0.15, -0.1) is 0 Å². The molecule has 0 heterocycles. The minimum absolute atomic E-state index is 0.146. The van der Waals surface area contributed by atoms with E-state index in [4.69, 9.17) is 10.8 Å². The number of rotatable bonds is 5. The van der Waals surface area contributed by atoms with Crippen LogP contribution in [0.25, 0.3) is 0 Å². The minimum atomic E-state index is -3.99. The lowest BCUT2D eigenvalue weighted by Crippen LogP contribution is -2.49. The van der Waals surface area contributed by atoms with Gasteiger partial charge in [0.1, 0.15) is 5.54 Å². The van der Waals surface area contributed by atoms with E-state index in [2.05, 4.69) is 4.72 Å². The van der Waals surface area contributed by atoms with E-state index in [1.165, 1.54) is 38.1 Å². The number of nitrogens with one attached hydrogen (secondary N) is 1. The quantitative estimate of drug-likeness (QED) is 0.698. The van der Waals surface area contributed by atoms with Crippen LogP contribution >= 0.6 is 0 Å². The van der Waals surface area contributed by atoms with Gasteiger partial charge in [-0.1, -0.05) is 0 Å². The third-order valence-electron chi connectivity index (χ3n) is 2.37. The molecule has 0 saturated heterocycles. The molecule has 0 fully saturated rings. The molecule has 0 radical (unpaired) electrons. The summed E-state index contributed by atoms with van der Waals surface area (Å²) in [5.41, 5.74) is 3.56. The molecule has 0 aliphatic rings. The molecule has 0 aliphatic heterocycles. The Hall–Kier alpha value is -1.93. The highest BCUT2D eigenvalue weighted by atomic mass is 32.2. The first-order valence-corrected chi connectivity index (χ1v) is 6.72. The molecule has 19 heavy (non-hydrogen) atoms. The summed E-state index contributed by atoms with van der Waals surface area (Å²) < 4.78 is 25.9. The standard InChI is InChI=1S/C11H14N2O5S/c1-11(2,10(15)16)13-19(17,18)8-5-3-7(4-6-8)9(12)14/h3-6,13H,1-2H3,(H2,12,14)(H,15,16). The third-order valence-corrected chi connectivity index (χ3v) is 4.05. The second-order valence-corrected chi connectivity index (χ2v) is 6.11. The van der Waals surface area contributed by atoms with E-state index in [0.717, 1.165) is 0 Å². The van der Waals surface area contributed by atoms with Crippen molar-refractivity contribution >= 4 is 21.9 Å². The van der Waals surface area contributed by atoms with Crippen molar-refractivity contribution in [2.24, 2.45) is 5.73 Å². The Kier molecular flexibility index (Phi) is 3.97. The number of nitrogens with two attached hydrogens (primary N) is 1. The lowest BCUT2D eigenvalue weighted by Gasteiger charge is -2.20. The van der Waals surface area contributed by atoms with Gasteiger partial charge in [0, 0.05) is 5.56 Å². The maximum Gasteiger partial charge on any atom is 0.324 e. The van der Waals surface area contributed by atoms with Gasteiger partial charge < -0.3 is 10.8 Å². The van der Waals surface area contributed by atoms with Crippen molar-refractivity contribution in [3.63, 3.8) is 0 Å². The molecule has 0 spiro atoms. The summed E-state index contributed by atoms with van der Waals surface area (Å²) in [4.78, 5) is 21.6. The molecule has 4 N–H and O–H groups in total. The average molecular weight is 286 g/mol. The lowest BCUT2D eigenvalue weighted by molar-refractivity contribution is -0.142. The van der Waals surface area contributed by atoms with E-state index in [0.29, 0.717) is 0 Å². The fourth-order valence-corrected chi connectivity index (χ4v) is 2.61. The summed E-state index contributed by atoms with van der Waals surface area (Å²) in [6.45, 7) is 2.45. The van der Waals surface area contributed by atoms with E-state index < -0.39 is 27.4 Å². The number of carbonyl (C=O) groups is 2. The molecule has 7 nitrogen and oxygen atoms in total. The fourth-order valence-electron chi connectivity index (χ4n) is 1.24. The SMILES string of the molecule is CC(C)(NS(=O)(=O)c1ccc(C(N)=O)cc1)C(=O)O. The Morgan fingerprint density at radius 2 is 1.68 bits per heavy atom. The number of hydrogen-bond donors (Lipinski definition) is 3. The van der Waals surface area contributed by atoms with Crippen LogP contribution in [-0.4, -0.2) is 30.9 Å². The van der Waals surface area contributed by atoms with Crippen LogP contribution in [0.4, 0.5) is 0 Å². The zero-order valence-electron chi connectivity index (χ0n) is 10.4. The first kappa shape index (κ1) is 15.1. The molecule has 104 valence electrons. The summed E-state index contributed by atoms with van der Waals surface area (Å²) in [5, 5.41) is 8.88. The van der Waals surface area contributed by atoms with Gasteiger partial charge in [-0.25, -0.2) is 8.42 Å². The first-order chi connectivity index (χ1) is 8.56. The van der Waals surface area contributed by atoms with Gasteiger partial charge >= 0.3 is 5.97 Å². The fraction of sp³-hybridized carbons (Fsp3) is 0.273.